The molecule has 0 aromatic carbocycles. The van der Waals surface area contributed by atoms with Crippen molar-refractivity contribution >= 4 is 0 Å². The normalized spacial score (nSPS) is 36.1. The number of rotatable bonds is 9. The number of ether oxygens (including phenoxy) is 1. The van der Waals surface area contributed by atoms with E-state index in [0.717, 1.165) is 47.7 Å². The van der Waals surface area contributed by atoms with Crippen LogP contribution in [0.25, 0.3) is 0 Å². The molecule has 3 rings (SSSR count). The van der Waals surface area contributed by atoms with Crippen molar-refractivity contribution in [1.29, 1.82) is 0 Å². The molecule has 0 saturated heterocycles. The van der Waals surface area contributed by atoms with Gasteiger partial charge in [-0.1, -0.05) is 66.9 Å². The Morgan fingerprint density at radius 3 is 2.26 bits per heavy atom. The molecule has 27 heavy (non-hydrogen) atoms. The van der Waals surface area contributed by atoms with Gasteiger partial charge in [-0.15, -0.1) is 0 Å². The summed E-state index contributed by atoms with van der Waals surface area (Å²) >= 11 is 0. The molecule has 0 aliphatic heterocycles. The molecule has 0 radical (unpaired) electrons. The van der Waals surface area contributed by atoms with E-state index in [-0.39, 0.29) is 5.60 Å². The van der Waals surface area contributed by atoms with Crippen LogP contribution in [0, 0.1) is 41.4 Å². The van der Waals surface area contributed by atoms with E-state index >= 15 is 0 Å². The van der Waals surface area contributed by atoms with Gasteiger partial charge in [0.2, 0.25) is 0 Å². The van der Waals surface area contributed by atoms with Crippen molar-refractivity contribution in [3.63, 3.8) is 0 Å². The summed E-state index contributed by atoms with van der Waals surface area (Å²) in [6, 6.07) is 0. The molecule has 0 aromatic heterocycles. The van der Waals surface area contributed by atoms with Gasteiger partial charge in [-0.25, -0.2) is 0 Å². The van der Waals surface area contributed by atoms with Crippen LogP contribution in [0.5, 0.6) is 0 Å². The van der Waals surface area contributed by atoms with Crippen molar-refractivity contribution in [1.82, 2.24) is 0 Å². The van der Waals surface area contributed by atoms with Crippen LogP contribution in [0.2, 0.25) is 0 Å². The van der Waals surface area contributed by atoms with Crippen molar-refractivity contribution in [2.75, 3.05) is 0 Å². The Kier molecular flexibility index (Phi) is 7.02. The molecule has 3 saturated carbocycles. The summed E-state index contributed by atoms with van der Waals surface area (Å²) in [5, 5.41) is 0. The third-order valence-electron chi connectivity index (χ3n) is 9.26. The van der Waals surface area contributed by atoms with Crippen LogP contribution in [0.3, 0.4) is 0 Å². The molecule has 0 spiro atoms. The average molecular weight is 375 g/mol. The third kappa shape index (κ3) is 3.99. The summed E-state index contributed by atoms with van der Waals surface area (Å²) in [6.07, 6.45) is 14.7. The predicted molar refractivity (Wildman–Crippen MR) is 117 cm³/mol. The van der Waals surface area contributed by atoms with Crippen molar-refractivity contribution in [2.24, 2.45) is 41.4 Å². The summed E-state index contributed by atoms with van der Waals surface area (Å²) in [5.41, 5.74) is 0.101. The van der Waals surface area contributed by atoms with E-state index in [1.54, 1.807) is 0 Å². The van der Waals surface area contributed by atoms with Gasteiger partial charge in [-0.3, -0.25) is 0 Å². The quantitative estimate of drug-likeness (QED) is 0.371. The number of hydrogen-bond acceptors (Lipinski definition) is 1. The molecule has 6 unspecified atom stereocenters. The molecule has 156 valence electrons. The minimum Gasteiger partial charge on any atom is -0.492 e. The molecule has 0 heterocycles. The van der Waals surface area contributed by atoms with Gasteiger partial charge in [0.15, 0.2) is 0 Å². The molecule has 0 aromatic rings. The van der Waals surface area contributed by atoms with Crippen LogP contribution in [0.1, 0.15) is 105 Å². The first-order valence-corrected chi connectivity index (χ1v) is 12.4. The smallest absolute Gasteiger partial charge is 0.108 e. The molecular formula is C26H46O. The maximum absolute atomic E-state index is 6.70. The zero-order valence-corrected chi connectivity index (χ0v) is 18.9. The highest BCUT2D eigenvalue weighted by Crippen LogP contribution is 2.61. The van der Waals surface area contributed by atoms with E-state index in [9.17, 15) is 0 Å². The third-order valence-corrected chi connectivity index (χ3v) is 9.26. The molecular weight excluding hydrogens is 328 g/mol. The van der Waals surface area contributed by atoms with Crippen molar-refractivity contribution in [3.05, 3.63) is 12.3 Å². The second-order valence-corrected chi connectivity index (χ2v) is 10.2. The van der Waals surface area contributed by atoms with Crippen LogP contribution < -0.4 is 0 Å². The van der Waals surface area contributed by atoms with Gasteiger partial charge >= 0.3 is 0 Å². The van der Waals surface area contributed by atoms with E-state index in [0.29, 0.717) is 5.92 Å². The Labute approximate surface area is 169 Å². The van der Waals surface area contributed by atoms with E-state index in [4.69, 9.17) is 4.74 Å². The molecule has 6 atom stereocenters. The van der Waals surface area contributed by atoms with Gasteiger partial charge in [-0.2, -0.15) is 0 Å². The maximum Gasteiger partial charge on any atom is 0.108 e. The summed E-state index contributed by atoms with van der Waals surface area (Å²) in [4.78, 5) is 0. The maximum atomic E-state index is 6.70. The summed E-state index contributed by atoms with van der Waals surface area (Å²) in [7, 11) is 0. The lowest BCUT2D eigenvalue weighted by Crippen LogP contribution is -2.38. The van der Waals surface area contributed by atoms with Crippen LogP contribution in [-0.2, 0) is 4.74 Å². The minimum atomic E-state index is 0.101. The zero-order chi connectivity index (χ0) is 19.6. The summed E-state index contributed by atoms with van der Waals surface area (Å²) in [6.45, 7) is 16.5. The van der Waals surface area contributed by atoms with Crippen molar-refractivity contribution in [3.8, 4) is 0 Å². The highest BCUT2D eigenvalue weighted by Gasteiger charge is 2.54. The fraction of sp³-hybridized carbons (Fsp3) is 0.923. The van der Waals surface area contributed by atoms with E-state index in [1.807, 2.05) is 0 Å². The van der Waals surface area contributed by atoms with E-state index in [1.165, 1.54) is 64.2 Å². The van der Waals surface area contributed by atoms with Crippen LogP contribution >= 0.6 is 0 Å². The highest BCUT2D eigenvalue weighted by molar-refractivity contribution is 5.07. The Hall–Kier alpha value is -0.460. The lowest BCUT2D eigenvalue weighted by molar-refractivity contribution is -0.0508. The zero-order valence-electron chi connectivity index (χ0n) is 18.9. The van der Waals surface area contributed by atoms with E-state index < -0.39 is 0 Å². The standard InChI is InChI=1S/C26H46O/c1-7-20(8-2)25-21-16-23(24(17-21)22(25)9-3)18(5)19(6)27-26(10-4)14-12-11-13-15-26/h18,20-25H,6-17H2,1-5H3. The molecule has 3 aliphatic rings. The largest absolute Gasteiger partial charge is 0.492 e. The topological polar surface area (TPSA) is 9.23 Å². The number of hydrogen-bond donors (Lipinski definition) is 0. The van der Waals surface area contributed by atoms with Gasteiger partial charge < -0.3 is 4.74 Å². The Balaban J connectivity index is 1.66. The Morgan fingerprint density at radius 2 is 1.70 bits per heavy atom. The fourth-order valence-corrected chi connectivity index (χ4v) is 7.64. The Bertz CT molecular complexity index is 484. The van der Waals surface area contributed by atoms with Gasteiger partial charge in [0.1, 0.15) is 5.60 Å². The number of allylic oxidation sites excluding steroid dienone is 1. The van der Waals surface area contributed by atoms with E-state index in [2.05, 4.69) is 41.2 Å². The Morgan fingerprint density at radius 1 is 1.04 bits per heavy atom. The summed E-state index contributed by atoms with van der Waals surface area (Å²) < 4.78 is 6.70. The SMILES string of the molecule is C=C(OC1(CC)CCCCC1)C(C)C1CC2CC1C(CC)C2C(CC)CC. The van der Waals surface area contributed by atoms with Gasteiger partial charge in [0, 0.05) is 5.92 Å². The number of fused-ring (bicyclic) bond motifs is 2. The molecule has 1 nitrogen and oxygen atoms in total. The molecule has 1 heteroatoms. The average Bonchev–Trinajstić information content (AvgIpc) is 3.27. The van der Waals surface area contributed by atoms with Gasteiger partial charge in [0.25, 0.3) is 0 Å². The molecule has 3 fully saturated rings. The second kappa shape index (κ2) is 8.91. The fourth-order valence-electron chi connectivity index (χ4n) is 7.64. The first-order valence-electron chi connectivity index (χ1n) is 12.4. The first-order chi connectivity index (χ1) is 13.0. The van der Waals surface area contributed by atoms with Crippen molar-refractivity contribution < 1.29 is 4.74 Å². The lowest BCUT2D eigenvalue weighted by atomic mass is 9.64. The lowest BCUT2D eigenvalue weighted by Gasteiger charge is -2.43. The molecule has 2 bridgehead atoms. The van der Waals surface area contributed by atoms with Crippen LogP contribution in [0.15, 0.2) is 12.3 Å². The van der Waals surface area contributed by atoms with Gasteiger partial charge in [0.05, 0.1) is 5.76 Å². The second-order valence-electron chi connectivity index (χ2n) is 10.2. The van der Waals surface area contributed by atoms with Crippen LogP contribution in [0.4, 0.5) is 0 Å². The molecule has 3 aliphatic carbocycles. The monoisotopic (exact) mass is 374 g/mol. The highest BCUT2D eigenvalue weighted by atomic mass is 16.5. The molecule has 0 N–H and O–H groups in total. The van der Waals surface area contributed by atoms with Crippen LogP contribution in [-0.4, -0.2) is 5.60 Å². The predicted octanol–water partition coefficient (Wildman–Crippen LogP) is 8.00. The van der Waals surface area contributed by atoms with Crippen molar-refractivity contribution in [2.45, 2.75) is 111 Å². The summed E-state index contributed by atoms with van der Waals surface area (Å²) in [5.74, 6) is 7.25. The molecule has 0 amide bonds. The van der Waals surface area contributed by atoms with Gasteiger partial charge in [-0.05, 0) is 80.5 Å². The first kappa shape index (κ1) is 21.3. The minimum absolute atomic E-state index is 0.101.